The summed E-state index contributed by atoms with van der Waals surface area (Å²) in [6.07, 6.45) is 1.75. The number of ether oxygens (including phenoxy) is 4. The number of methoxy groups -OCH3 is 4. The highest BCUT2D eigenvalue weighted by Crippen LogP contribution is 2.31. The van der Waals surface area contributed by atoms with Crippen molar-refractivity contribution < 1.29 is 23.7 Å². The van der Waals surface area contributed by atoms with Crippen LogP contribution in [0.15, 0.2) is 63.5 Å². The highest BCUT2D eigenvalue weighted by molar-refractivity contribution is 7.07. The normalized spacial score (nSPS) is 15.4. The van der Waals surface area contributed by atoms with E-state index in [0.29, 0.717) is 37.9 Å². The summed E-state index contributed by atoms with van der Waals surface area (Å²) in [5.74, 6) is 1.35. The highest BCUT2D eigenvalue weighted by atomic mass is 32.1. The molecule has 0 amide bonds. The molecule has 4 rings (SSSR count). The molecule has 1 atom stereocenters. The summed E-state index contributed by atoms with van der Waals surface area (Å²) in [6, 6.07) is 11.9. The zero-order valence-electron chi connectivity index (χ0n) is 19.4. The van der Waals surface area contributed by atoms with Gasteiger partial charge < -0.3 is 18.9 Å². The Kier molecular flexibility index (Phi) is 6.56. The van der Waals surface area contributed by atoms with Crippen molar-refractivity contribution in [2.75, 3.05) is 28.4 Å². The summed E-state index contributed by atoms with van der Waals surface area (Å²) in [4.78, 5) is 31.4. The van der Waals surface area contributed by atoms with Crippen LogP contribution in [0.2, 0.25) is 0 Å². The van der Waals surface area contributed by atoms with E-state index in [2.05, 4.69) is 4.99 Å². The van der Waals surface area contributed by atoms with E-state index in [1.54, 1.807) is 58.6 Å². The molecule has 1 aliphatic rings. The van der Waals surface area contributed by atoms with Crippen molar-refractivity contribution in [2.24, 2.45) is 4.99 Å². The van der Waals surface area contributed by atoms with Crippen LogP contribution in [0.4, 0.5) is 0 Å². The van der Waals surface area contributed by atoms with Crippen LogP contribution in [-0.2, 0) is 9.53 Å². The van der Waals surface area contributed by atoms with Gasteiger partial charge in [-0.05, 0) is 42.8 Å². The molecule has 1 aromatic heterocycles. The molecular formula is C25H24N2O6S. The minimum atomic E-state index is -0.686. The summed E-state index contributed by atoms with van der Waals surface area (Å²) < 4.78 is 23.0. The molecule has 0 aliphatic carbocycles. The van der Waals surface area contributed by atoms with Gasteiger partial charge in [-0.1, -0.05) is 23.5 Å². The third kappa shape index (κ3) is 4.10. The van der Waals surface area contributed by atoms with Crippen molar-refractivity contribution in [3.8, 4) is 17.2 Å². The van der Waals surface area contributed by atoms with E-state index >= 15 is 0 Å². The first-order valence-corrected chi connectivity index (χ1v) is 11.2. The number of nitrogens with zero attached hydrogens (tertiary/aromatic N) is 2. The number of hydrogen-bond donors (Lipinski definition) is 0. The molecule has 176 valence electrons. The van der Waals surface area contributed by atoms with E-state index < -0.39 is 12.0 Å². The van der Waals surface area contributed by atoms with Gasteiger partial charge in [-0.25, -0.2) is 9.79 Å². The predicted molar refractivity (Wildman–Crippen MR) is 128 cm³/mol. The van der Waals surface area contributed by atoms with Gasteiger partial charge in [0.1, 0.15) is 17.2 Å². The van der Waals surface area contributed by atoms with Crippen LogP contribution < -0.4 is 29.1 Å². The second kappa shape index (κ2) is 9.56. The number of allylic oxidation sites excluding steroid dienone is 1. The molecule has 0 saturated carbocycles. The molecule has 0 saturated heterocycles. The van der Waals surface area contributed by atoms with E-state index in [4.69, 9.17) is 18.9 Å². The first kappa shape index (κ1) is 23.3. The molecule has 2 aromatic carbocycles. The van der Waals surface area contributed by atoms with Gasteiger partial charge in [0.15, 0.2) is 4.80 Å². The van der Waals surface area contributed by atoms with Gasteiger partial charge in [-0.2, -0.15) is 0 Å². The fourth-order valence-electron chi connectivity index (χ4n) is 3.87. The number of hydrogen-bond acceptors (Lipinski definition) is 8. The van der Waals surface area contributed by atoms with Crippen LogP contribution in [0.25, 0.3) is 6.08 Å². The first-order chi connectivity index (χ1) is 16.4. The van der Waals surface area contributed by atoms with Crippen LogP contribution in [0.1, 0.15) is 24.1 Å². The number of rotatable bonds is 6. The van der Waals surface area contributed by atoms with Crippen molar-refractivity contribution >= 4 is 23.4 Å². The second-order valence-electron chi connectivity index (χ2n) is 7.45. The van der Waals surface area contributed by atoms with E-state index in [1.165, 1.54) is 23.0 Å². The van der Waals surface area contributed by atoms with Crippen molar-refractivity contribution in [2.45, 2.75) is 13.0 Å². The quantitative estimate of drug-likeness (QED) is 0.504. The van der Waals surface area contributed by atoms with Crippen LogP contribution in [0, 0.1) is 0 Å². The molecule has 0 spiro atoms. The lowest BCUT2D eigenvalue weighted by Crippen LogP contribution is -2.39. The zero-order chi connectivity index (χ0) is 24.4. The first-order valence-electron chi connectivity index (χ1n) is 10.4. The largest absolute Gasteiger partial charge is 0.497 e. The minimum Gasteiger partial charge on any atom is -0.497 e. The average molecular weight is 481 g/mol. The van der Waals surface area contributed by atoms with Crippen LogP contribution in [0.3, 0.4) is 0 Å². The monoisotopic (exact) mass is 480 g/mol. The fraction of sp³-hybridized carbons (Fsp3) is 0.240. The number of thiazole rings is 1. The van der Waals surface area contributed by atoms with Gasteiger partial charge in [0, 0.05) is 11.6 Å². The van der Waals surface area contributed by atoms with Gasteiger partial charge in [0.05, 0.1) is 50.3 Å². The Bertz CT molecular complexity index is 1450. The standard InChI is InChI=1S/C25H24N2O6S/c1-14-21(24(29)33-5)22(15-6-9-17(30-2)10-7-15)27-23(28)20(34-25(27)26-14)12-16-8-11-18(31-3)13-19(16)32-4/h6-13,22H,1-5H3/b20-12+/t22-/m1/s1. The van der Waals surface area contributed by atoms with E-state index in [-0.39, 0.29) is 5.56 Å². The maximum absolute atomic E-state index is 13.6. The van der Waals surface area contributed by atoms with Gasteiger partial charge >= 0.3 is 5.97 Å². The van der Waals surface area contributed by atoms with Crippen LogP contribution in [0.5, 0.6) is 17.2 Å². The van der Waals surface area contributed by atoms with Crippen molar-refractivity contribution in [1.29, 1.82) is 0 Å². The molecule has 3 aromatic rings. The van der Waals surface area contributed by atoms with Crippen molar-refractivity contribution in [3.05, 3.63) is 84.5 Å². The van der Waals surface area contributed by atoms with E-state index in [1.807, 2.05) is 18.2 Å². The predicted octanol–water partition coefficient (Wildman–Crippen LogP) is 2.43. The lowest BCUT2D eigenvalue weighted by Gasteiger charge is -2.24. The SMILES string of the molecule is COC(=O)C1=C(C)N=c2s/c(=C/c3ccc(OC)cc3OC)c(=O)n2[C@@H]1c1ccc(OC)cc1. The van der Waals surface area contributed by atoms with Crippen molar-refractivity contribution in [3.63, 3.8) is 0 Å². The summed E-state index contributed by atoms with van der Waals surface area (Å²) >= 11 is 1.25. The number of esters is 1. The molecule has 0 N–H and O–H groups in total. The fourth-order valence-corrected chi connectivity index (χ4v) is 4.91. The summed E-state index contributed by atoms with van der Waals surface area (Å²) in [5.41, 5.74) is 2.01. The maximum Gasteiger partial charge on any atom is 0.338 e. The third-order valence-electron chi connectivity index (χ3n) is 5.59. The lowest BCUT2D eigenvalue weighted by atomic mass is 9.96. The Balaban J connectivity index is 1.94. The lowest BCUT2D eigenvalue weighted by molar-refractivity contribution is -0.136. The number of fused-ring (bicyclic) bond motifs is 1. The van der Waals surface area contributed by atoms with E-state index in [9.17, 15) is 9.59 Å². The maximum atomic E-state index is 13.6. The zero-order valence-corrected chi connectivity index (χ0v) is 20.3. The molecule has 0 fully saturated rings. The summed E-state index contributed by atoms with van der Waals surface area (Å²) in [6.45, 7) is 1.74. The van der Waals surface area contributed by atoms with E-state index in [0.717, 1.165) is 11.1 Å². The molecule has 0 unspecified atom stereocenters. The molecule has 0 bridgehead atoms. The Morgan fingerprint density at radius 2 is 1.68 bits per heavy atom. The Morgan fingerprint density at radius 3 is 2.29 bits per heavy atom. The molecule has 2 heterocycles. The molecule has 34 heavy (non-hydrogen) atoms. The Hall–Kier alpha value is -3.85. The molecular weight excluding hydrogens is 456 g/mol. The van der Waals surface area contributed by atoms with Gasteiger partial charge in [0.25, 0.3) is 5.56 Å². The van der Waals surface area contributed by atoms with Gasteiger partial charge in [-0.15, -0.1) is 0 Å². The smallest absolute Gasteiger partial charge is 0.338 e. The minimum absolute atomic E-state index is 0.267. The molecule has 0 radical (unpaired) electrons. The number of carbonyl (C=O) groups is 1. The summed E-state index contributed by atoms with van der Waals surface area (Å²) in [5, 5.41) is 0. The highest BCUT2D eigenvalue weighted by Gasteiger charge is 2.33. The molecule has 1 aliphatic heterocycles. The summed E-state index contributed by atoms with van der Waals surface area (Å²) in [7, 11) is 6.03. The topological polar surface area (TPSA) is 88.4 Å². The molecule has 8 nitrogen and oxygen atoms in total. The van der Waals surface area contributed by atoms with Crippen LogP contribution >= 0.6 is 11.3 Å². The Morgan fingerprint density at radius 1 is 1.00 bits per heavy atom. The van der Waals surface area contributed by atoms with Crippen molar-refractivity contribution in [1.82, 2.24) is 4.57 Å². The number of carbonyl (C=O) groups excluding carboxylic acids is 1. The van der Waals surface area contributed by atoms with Gasteiger partial charge in [0.2, 0.25) is 0 Å². The van der Waals surface area contributed by atoms with Gasteiger partial charge in [-0.3, -0.25) is 9.36 Å². The third-order valence-corrected chi connectivity index (χ3v) is 6.57. The second-order valence-corrected chi connectivity index (χ2v) is 8.46. The van der Waals surface area contributed by atoms with Crippen LogP contribution in [-0.4, -0.2) is 39.0 Å². The molecule has 9 heteroatoms. The average Bonchev–Trinajstić information content (AvgIpc) is 3.17. The Labute approximate surface area is 200 Å². The number of benzene rings is 2. The number of aromatic nitrogens is 1.